The third kappa shape index (κ3) is 5.56. The standard InChI is InChI=1S/C19H37NO/c1-15(2)20-13-19(14-21-12-16-6-7-16)10-8-17(9-11-19)18(3,4)5/h15-17,20H,6-14H2,1-5H3. The van der Waals surface area contributed by atoms with E-state index >= 15 is 0 Å². The fraction of sp³-hybridized carbons (Fsp3) is 1.00. The van der Waals surface area contributed by atoms with Gasteiger partial charge in [-0.25, -0.2) is 0 Å². The van der Waals surface area contributed by atoms with Crippen molar-refractivity contribution in [3.63, 3.8) is 0 Å². The molecule has 0 unspecified atom stereocenters. The highest BCUT2D eigenvalue weighted by Gasteiger charge is 2.39. The van der Waals surface area contributed by atoms with Crippen molar-refractivity contribution < 1.29 is 4.74 Å². The van der Waals surface area contributed by atoms with Gasteiger partial charge in [-0.05, 0) is 55.8 Å². The Hall–Kier alpha value is -0.0800. The molecule has 1 N–H and O–H groups in total. The van der Waals surface area contributed by atoms with Crippen molar-refractivity contribution in [2.45, 2.75) is 79.2 Å². The molecule has 124 valence electrons. The van der Waals surface area contributed by atoms with Crippen molar-refractivity contribution in [2.24, 2.45) is 22.7 Å². The van der Waals surface area contributed by atoms with Crippen LogP contribution in [0.2, 0.25) is 0 Å². The summed E-state index contributed by atoms with van der Waals surface area (Å²) < 4.78 is 6.11. The Labute approximate surface area is 132 Å². The van der Waals surface area contributed by atoms with Gasteiger partial charge < -0.3 is 10.1 Å². The Balaban J connectivity index is 1.86. The van der Waals surface area contributed by atoms with Crippen molar-refractivity contribution in [1.29, 1.82) is 0 Å². The molecule has 2 rings (SSSR count). The average Bonchev–Trinajstić information content (AvgIpc) is 3.20. The molecule has 0 atom stereocenters. The number of hydrogen-bond donors (Lipinski definition) is 1. The van der Waals surface area contributed by atoms with Gasteiger partial charge in [0.05, 0.1) is 6.61 Å². The van der Waals surface area contributed by atoms with Gasteiger partial charge in [0.25, 0.3) is 0 Å². The van der Waals surface area contributed by atoms with E-state index in [1.807, 2.05) is 0 Å². The predicted octanol–water partition coefficient (Wildman–Crippen LogP) is 4.63. The zero-order valence-electron chi connectivity index (χ0n) is 15.0. The number of ether oxygens (including phenoxy) is 1. The minimum absolute atomic E-state index is 0.390. The first-order chi connectivity index (χ1) is 9.81. The van der Waals surface area contributed by atoms with Gasteiger partial charge in [0.1, 0.15) is 0 Å². The third-order valence-electron chi connectivity index (χ3n) is 5.62. The fourth-order valence-electron chi connectivity index (χ4n) is 3.62. The molecule has 0 saturated heterocycles. The highest BCUT2D eigenvalue weighted by Crippen LogP contribution is 2.45. The van der Waals surface area contributed by atoms with E-state index < -0.39 is 0 Å². The summed E-state index contributed by atoms with van der Waals surface area (Å²) in [5, 5.41) is 3.68. The molecule has 0 aromatic rings. The van der Waals surface area contributed by atoms with Crippen molar-refractivity contribution in [3.8, 4) is 0 Å². The van der Waals surface area contributed by atoms with Crippen molar-refractivity contribution >= 4 is 0 Å². The minimum atomic E-state index is 0.390. The van der Waals surface area contributed by atoms with Gasteiger partial charge in [-0.1, -0.05) is 34.6 Å². The first-order valence-corrected chi connectivity index (χ1v) is 9.12. The van der Waals surface area contributed by atoms with E-state index in [1.165, 1.54) is 38.5 Å². The van der Waals surface area contributed by atoms with Crippen LogP contribution in [0.3, 0.4) is 0 Å². The summed E-state index contributed by atoms with van der Waals surface area (Å²) in [7, 11) is 0. The molecule has 0 amide bonds. The van der Waals surface area contributed by atoms with Gasteiger partial charge in [0.2, 0.25) is 0 Å². The van der Waals surface area contributed by atoms with Crippen LogP contribution in [0.25, 0.3) is 0 Å². The van der Waals surface area contributed by atoms with Crippen LogP contribution in [0.5, 0.6) is 0 Å². The van der Waals surface area contributed by atoms with E-state index in [9.17, 15) is 0 Å². The molecule has 2 fully saturated rings. The van der Waals surface area contributed by atoms with Crippen LogP contribution in [0, 0.1) is 22.7 Å². The highest BCUT2D eigenvalue weighted by molar-refractivity contribution is 4.91. The van der Waals surface area contributed by atoms with E-state index in [1.54, 1.807) is 0 Å². The number of rotatable bonds is 7. The van der Waals surface area contributed by atoms with Crippen LogP contribution in [0.1, 0.15) is 73.1 Å². The van der Waals surface area contributed by atoms with Gasteiger partial charge in [-0.15, -0.1) is 0 Å². The van der Waals surface area contributed by atoms with Crippen LogP contribution in [-0.4, -0.2) is 25.8 Å². The Morgan fingerprint density at radius 3 is 2.19 bits per heavy atom. The SMILES string of the molecule is CC(C)NCC1(COCC2CC2)CCC(C(C)(C)C)CC1. The van der Waals surface area contributed by atoms with Crippen LogP contribution in [0.15, 0.2) is 0 Å². The molecule has 0 aromatic heterocycles. The van der Waals surface area contributed by atoms with E-state index in [0.29, 0.717) is 16.9 Å². The second-order valence-corrected chi connectivity index (χ2v) is 9.13. The molecule has 0 radical (unpaired) electrons. The van der Waals surface area contributed by atoms with E-state index in [-0.39, 0.29) is 0 Å². The van der Waals surface area contributed by atoms with Gasteiger partial charge in [-0.3, -0.25) is 0 Å². The van der Waals surface area contributed by atoms with Gasteiger partial charge in [0.15, 0.2) is 0 Å². The summed E-state index contributed by atoms with van der Waals surface area (Å²) in [5.74, 6) is 1.76. The average molecular weight is 296 g/mol. The molecule has 2 heteroatoms. The van der Waals surface area contributed by atoms with Crippen molar-refractivity contribution in [3.05, 3.63) is 0 Å². The molecule has 2 saturated carbocycles. The normalized spacial score (nSPS) is 30.9. The molecular weight excluding hydrogens is 258 g/mol. The maximum Gasteiger partial charge on any atom is 0.0534 e. The molecule has 2 aliphatic rings. The maximum atomic E-state index is 6.11. The summed E-state index contributed by atoms with van der Waals surface area (Å²) in [6, 6.07) is 0.575. The summed E-state index contributed by atoms with van der Waals surface area (Å²) >= 11 is 0. The topological polar surface area (TPSA) is 21.3 Å². The molecule has 0 aliphatic heterocycles. The summed E-state index contributed by atoms with van der Waals surface area (Å²) in [6.45, 7) is 14.8. The first-order valence-electron chi connectivity index (χ1n) is 9.12. The summed E-state index contributed by atoms with van der Waals surface area (Å²) in [6.07, 6.45) is 8.19. The molecule has 0 aromatic carbocycles. The van der Waals surface area contributed by atoms with E-state index in [4.69, 9.17) is 4.74 Å². The van der Waals surface area contributed by atoms with Gasteiger partial charge >= 0.3 is 0 Å². The second-order valence-electron chi connectivity index (χ2n) is 9.13. The molecule has 2 nitrogen and oxygen atoms in total. The number of hydrogen-bond acceptors (Lipinski definition) is 2. The quantitative estimate of drug-likeness (QED) is 0.739. The summed E-state index contributed by atoms with van der Waals surface area (Å²) in [5.41, 5.74) is 0.855. The Morgan fingerprint density at radius 2 is 1.71 bits per heavy atom. The predicted molar refractivity (Wildman–Crippen MR) is 90.5 cm³/mol. The Morgan fingerprint density at radius 1 is 1.10 bits per heavy atom. The van der Waals surface area contributed by atoms with E-state index in [0.717, 1.165) is 31.6 Å². The first kappa shape index (κ1) is 17.3. The lowest BCUT2D eigenvalue weighted by Crippen LogP contribution is -2.44. The van der Waals surface area contributed by atoms with Crippen LogP contribution >= 0.6 is 0 Å². The fourth-order valence-corrected chi connectivity index (χ4v) is 3.62. The van der Waals surface area contributed by atoms with Gasteiger partial charge in [-0.2, -0.15) is 0 Å². The lowest BCUT2D eigenvalue weighted by atomic mass is 9.64. The van der Waals surface area contributed by atoms with E-state index in [2.05, 4.69) is 39.9 Å². The zero-order valence-corrected chi connectivity index (χ0v) is 15.0. The Kier molecular flexibility index (Phi) is 5.76. The minimum Gasteiger partial charge on any atom is -0.381 e. The molecule has 21 heavy (non-hydrogen) atoms. The largest absolute Gasteiger partial charge is 0.381 e. The molecule has 0 spiro atoms. The molecular formula is C19H37NO. The van der Waals surface area contributed by atoms with Crippen LogP contribution < -0.4 is 5.32 Å². The van der Waals surface area contributed by atoms with Crippen molar-refractivity contribution in [1.82, 2.24) is 5.32 Å². The molecule has 0 heterocycles. The smallest absolute Gasteiger partial charge is 0.0534 e. The lowest BCUT2D eigenvalue weighted by Gasteiger charge is -2.44. The zero-order chi connectivity index (χ0) is 15.5. The lowest BCUT2D eigenvalue weighted by molar-refractivity contribution is -0.00716. The second kappa shape index (κ2) is 7.00. The molecule has 2 aliphatic carbocycles. The molecule has 0 bridgehead atoms. The Bertz CT molecular complexity index is 306. The third-order valence-corrected chi connectivity index (χ3v) is 5.62. The highest BCUT2D eigenvalue weighted by atomic mass is 16.5. The maximum absolute atomic E-state index is 6.11. The number of nitrogens with one attached hydrogen (secondary N) is 1. The van der Waals surface area contributed by atoms with Crippen LogP contribution in [0.4, 0.5) is 0 Å². The van der Waals surface area contributed by atoms with Gasteiger partial charge in [0, 0.05) is 24.6 Å². The monoisotopic (exact) mass is 295 g/mol. The summed E-state index contributed by atoms with van der Waals surface area (Å²) in [4.78, 5) is 0. The van der Waals surface area contributed by atoms with Crippen molar-refractivity contribution in [2.75, 3.05) is 19.8 Å². The van der Waals surface area contributed by atoms with Crippen LogP contribution in [-0.2, 0) is 4.74 Å².